The van der Waals surface area contributed by atoms with Crippen LogP contribution in [0.25, 0.3) is 11.0 Å². The number of fused-ring (bicyclic) bond motifs is 1. The third-order valence-corrected chi connectivity index (χ3v) is 3.41. The van der Waals surface area contributed by atoms with Gasteiger partial charge in [-0.2, -0.15) is 0 Å². The lowest BCUT2D eigenvalue weighted by molar-refractivity contribution is 0.164. The van der Waals surface area contributed by atoms with Gasteiger partial charge >= 0.3 is 0 Å². The van der Waals surface area contributed by atoms with Crippen molar-refractivity contribution in [1.29, 1.82) is 0 Å². The molecule has 92 valence electrons. The normalized spacial score (nSPS) is 13.2. The lowest BCUT2D eigenvalue weighted by Gasteiger charge is -2.15. The van der Waals surface area contributed by atoms with E-state index in [0.29, 0.717) is 6.04 Å². The number of aromatic nitrogens is 2. The summed E-state index contributed by atoms with van der Waals surface area (Å²) in [6.45, 7) is 9.27. The van der Waals surface area contributed by atoms with Crippen molar-refractivity contribution in [2.75, 3.05) is 13.7 Å². The molecular weight excluding hydrogens is 212 g/mol. The molecule has 0 aliphatic heterocycles. The van der Waals surface area contributed by atoms with Crippen molar-refractivity contribution in [2.45, 2.75) is 33.7 Å². The summed E-state index contributed by atoms with van der Waals surface area (Å²) in [7, 11) is 1.74. The summed E-state index contributed by atoms with van der Waals surface area (Å²) in [6, 6.07) is 0.332. The van der Waals surface area contributed by atoms with Gasteiger partial charge in [0, 0.05) is 19.5 Å². The number of rotatable bonds is 3. The van der Waals surface area contributed by atoms with E-state index < -0.39 is 0 Å². The van der Waals surface area contributed by atoms with Crippen LogP contribution in [0.15, 0.2) is 12.4 Å². The first-order valence-corrected chi connectivity index (χ1v) is 5.98. The molecule has 0 aliphatic carbocycles. The molecule has 1 atom stereocenters. The highest BCUT2D eigenvalue weighted by Crippen LogP contribution is 2.27. The Kier molecular flexibility index (Phi) is 3.20. The van der Waals surface area contributed by atoms with Gasteiger partial charge < -0.3 is 9.30 Å². The predicted octanol–water partition coefficient (Wildman–Crippen LogP) is 3.17. The highest BCUT2D eigenvalue weighted by atomic mass is 16.5. The van der Waals surface area contributed by atoms with E-state index in [9.17, 15) is 0 Å². The molecular formula is C14H20N2O. The smallest absolute Gasteiger partial charge is 0.0913 e. The van der Waals surface area contributed by atoms with Crippen molar-refractivity contribution < 1.29 is 4.74 Å². The van der Waals surface area contributed by atoms with Crippen LogP contribution < -0.4 is 0 Å². The Labute approximate surface area is 102 Å². The molecule has 0 bridgehead atoms. The maximum atomic E-state index is 5.25. The molecule has 0 spiro atoms. The predicted molar refractivity (Wildman–Crippen MR) is 70.5 cm³/mol. The van der Waals surface area contributed by atoms with E-state index in [2.05, 4.69) is 43.4 Å². The monoisotopic (exact) mass is 232 g/mol. The number of hydrogen-bond donors (Lipinski definition) is 0. The molecule has 0 unspecified atom stereocenters. The Hall–Kier alpha value is -1.35. The van der Waals surface area contributed by atoms with Gasteiger partial charge in [0.25, 0.3) is 0 Å². The van der Waals surface area contributed by atoms with Gasteiger partial charge in [-0.3, -0.25) is 4.98 Å². The molecule has 0 aromatic carbocycles. The van der Waals surface area contributed by atoms with E-state index >= 15 is 0 Å². The van der Waals surface area contributed by atoms with Crippen LogP contribution >= 0.6 is 0 Å². The molecule has 2 aromatic heterocycles. The Bertz CT molecular complexity index is 543. The van der Waals surface area contributed by atoms with E-state index in [1.165, 1.54) is 22.2 Å². The minimum atomic E-state index is 0.332. The quantitative estimate of drug-likeness (QED) is 0.812. The molecule has 0 amide bonds. The summed E-state index contributed by atoms with van der Waals surface area (Å²) >= 11 is 0. The van der Waals surface area contributed by atoms with Gasteiger partial charge in [0.05, 0.1) is 23.7 Å². The first-order chi connectivity index (χ1) is 8.06. The van der Waals surface area contributed by atoms with Crippen LogP contribution in [0.2, 0.25) is 0 Å². The summed E-state index contributed by atoms with van der Waals surface area (Å²) in [5, 5.41) is 0. The van der Waals surface area contributed by atoms with E-state index in [-0.39, 0.29) is 0 Å². The maximum absolute atomic E-state index is 5.25. The van der Waals surface area contributed by atoms with Crippen LogP contribution in [-0.2, 0) is 4.74 Å². The summed E-state index contributed by atoms with van der Waals surface area (Å²) < 4.78 is 7.53. The van der Waals surface area contributed by atoms with Crippen LogP contribution in [0, 0.1) is 20.8 Å². The lowest BCUT2D eigenvalue weighted by atomic mass is 10.1. The average Bonchev–Trinajstić information content (AvgIpc) is 2.62. The highest BCUT2D eigenvalue weighted by Gasteiger charge is 2.14. The van der Waals surface area contributed by atoms with Crippen LogP contribution in [0.3, 0.4) is 0 Å². The van der Waals surface area contributed by atoms with Crippen LogP contribution in [0.1, 0.15) is 29.7 Å². The van der Waals surface area contributed by atoms with Crippen molar-refractivity contribution in [3.63, 3.8) is 0 Å². The molecule has 2 heterocycles. The topological polar surface area (TPSA) is 27.1 Å². The van der Waals surface area contributed by atoms with E-state index in [4.69, 9.17) is 4.74 Å². The molecule has 0 saturated carbocycles. The summed E-state index contributed by atoms with van der Waals surface area (Å²) in [5.41, 5.74) is 6.13. The fourth-order valence-electron chi connectivity index (χ4n) is 2.29. The van der Waals surface area contributed by atoms with Crippen molar-refractivity contribution in [2.24, 2.45) is 0 Å². The second kappa shape index (κ2) is 4.49. The van der Waals surface area contributed by atoms with Gasteiger partial charge in [0.15, 0.2) is 0 Å². The van der Waals surface area contributed by atoms with Gasteiger partial charge in [-0.1, -0.05) is 0 Å². The van der Waals surface area contributed by atoms with Crippen molar-refractivity contribution in [3.05, 3.63) is 29.1 Å². The largest absolute Gasteiger partial charge is 0.383 e. The van der Waals surface area contributed by atoms with E-state index in [1.807, 2.05) is 6.20 Å². The van der Waals surface area contributed by atoms with E-state index in [0.717, 1.165) is 12.1 Å². The van der Waals surface area contributed by atoms with Gasteiger partial charge in [-0.25, -0.2) is 0 Å². The molecule has 2 aromatic rings. The summed E-state index contributed by atoms with van der Waals surface area (Å²) in [6.07, 6.45) is 4.13. The molecule has 17 heavy (non-hydrogen) atoms. The number of methoxy groups -OCH3 is 1. The Morgan fingerprint density at radius 1 is 1.29 bits per heavy atom. The lowest BCUT2D eigenvalue weighted by Crippen LogP contribution is -2.10. The third kappa shape index (κ3) is 1.95. The molecule has 2 rings (SSSR count). The second-order valence-corrected chi connectivity index (χ2v) is 4.79. The van der Waals surface area contributed by atoms with Gasteiger partial charge in [0.2, 0.25) is 0 Å². The first kappa shape index (κ1) is 12.1. The van der Waals surface area contributed by atoms with Crippen LogP contribution in [0.4, 0.5) is 0 Å². The van der Waals surface area contributed by atoms with Crippen molar-refractivity contribution in [1.82, 2.24) is 9.55 Å². The number of ether oxygens (including phenoxy) is 1. The standard InChI is InChI=1S/C14H20N2O/c1-9-6-15-13-10(2)7-16(11(3)8-17-5)14(13)12(9)4/h6-7,11H,8H2,1-5H3/t11-/m0/s1. The molecule has 3 nitrogen and oxygen atoms in total. The fraction of sp³-hybridized carbons (Fsp3) is 0.500. The zero-order valence-electron chi connectivity index (χ0n) is 11.2. The van der Waals surface area contributed by atoms with Crippen molar-refractivity contribution in [3.8, 4) is 0 Å². The maximum Gasteiger partial charge on any atom is 0.0913 e. The number of pyridine rings is 1. The van der Waals surface area contributed by atoms with Gasteiger partial charge in [0.1, 0.15) is 0 Å². The number of nitrogens with zero attached hydrogens (tertiary/aromatic N) is 2. The molecule has 0 aliphatic rings. The van der Waals surface area contributed by atoms with Crippen LogP contribution in [0.5, 0.6) is 0 Å². The van der Waals surface area contributed by atoms with Crippen molar-refractivity contribution >= 4 is 11.0 Å². The fourth-order valence-corrected chi connectivity index (χ4v) is 2.29. The van der Waals surface area contributed by atoms with E-state index in [1.54, 1.807) is 7.11 Å². The number of aryl methyl sites for hydroxylation is 3. The molecule has 3 heteroatoms. The Morgan fingerprint density at radius 2 is 2.00 bits per heavy atom. The summed E-state index contributed by atoms with van der Waals surface area (Å²) in [4.78, 5) is 4.54. The third-order valence-electron chi connectivity index (χ3n) is 3.41. The SMILES string of the molecule is COC[C@H](C)n1cc(C)c2ncc(C)c(C)c21. The van der Waals surface area contributed by atoms with Gasteiger partial charge in [-0.15, -0.1) is 0 Å². The van der Waals surface area contributed by atoms with Crippen LogP contribution in [-0.4, -0.2) is 23.3 Å². The first-order valence-electron chi connectivity index (χ1n) is 5.98. The Balaban J connectivity index is 2.67. The highest BCUT2D eigenvalue weighted by molar-refractivity contribution is 5.83. The number of hydrogen-bond acceptors (Lipinski definition) is 2. The minimum absolute atomic E-state index is 0.332. The zero-order chi connectivity index (χ0) is 12.6. The van der Waals surface area contributed by atoms with Gasteiger partial charge in [-0.05, 0) is 44.4 Å². The molecule has 0 saturated heterocycles. The molecule has 0 radical (unpaired) electrons. The average molecular weight is 232 g/mol. The molecule has 0 fully saturated rings. The second-order valence-electron chi connectivity index (χ2n) is 4.79. The zero-order valence-corrected chi connectivity index (χ0v) is 11.2. The Morgan fingerprint density at radius 3 is 2.65 bits per heavy atom. The summed E-state index contributed by atoms with van der Waals surface area (Å²) in [5.74, 6) is 0. The minimum Gasteiger partial charge on any atom is -0.383 e. The molecule has 0 N–H and O–H groups in total.